The average molecular weight is 181 g/mol. The summed E-state index contributed by atoms with van der Waals surface area (Å²) in [7, 11) is 0. The van der Waals surface area contributed by atoms with Gasteiger partial charge in [0.05, 0.1) is 30.2 Å². The molecule has 0 unspecified atom stereocenters. The summed E-state index contributed by atoms with van der Waals surface area (Å²) in [5.41, 5.74) is 7.49. The molecule has 1 aliphatic rings. The molecule has 1 atom stereocenters. The monoisotopic (exact) mass is 181 g/mol. The topological polar surface area (TPSA) is 53.1 Å². The molecule has 0 saturated carbocycles. The van der Waals surface area contributed by atoms with Crippen LogP contribution in [0.1, 0.15) is 18.5 Å². The largest absolute Gasteiger partial charge is 0.396 e. The van der Waals surface area contributed by atoms with Crippen molar-refractivity contribution in [3.63, 3.8) is 0 Å². The van der Waals surface area contributed by atoms with Gasteiger partial charge in [0.25, 0.3) is 0 Å². The van der Waals surface area contributed by atoms with E-state index in [9.17, 15) is 0 Å². The summed E-state index contributed by atoms with van der Waals surface area (Å²) in [5.74, 6) is 0. The fourth-order valence-corrected chi connectivity index (χ4v) is 1.63. The summed E-state index contributed by atoms with van der Waals surface area (Å²) in [4.78, 5) is 0. The van der Waals surface area contributed by atoms with E-state index in [2.05, 4.69) is 5.10 Å². The minimum absolute atomic E-state index is 0.331. The highest BCUT2D eigenvalue weighted by molar-refractivity contribution is 5.39. The van der Waals surface area contributed by atoms with E-state index in [1.807, 2.05) is 11.6 Å². The van der Waals surface area contributed by atoms with Gasteiger partial charge in [-0.3, -0.25) is 4.68 Å². The molecule has 4 heteroatoms. The first kappa shape index (κ1) is 8.56. The molecule has 0 amide bonds. The van der Waals surface area contributed by atoms with Crippen molar-refractivity contribution >= 4 is 5.69 Å². The molecule has 0 spiro atoms. The highest BCUT2D eigenvalue weighted by Gasteiger charge is 2.17. The van der Waals surface area contributed by atoms with E-state index in [1.165, 1.54) is 6.42 Å². The van der Waals surface area contributed by atoms with E-state index in [0.717, 1.165) is 31.0 Å². The summed E-state index contributed by atoms with van der Waals surface area (Å²) in [5, 5.41) is 4.19. The van der Waals surface area contributed by atoms with Crippen LogP contribution in [0.3, 0.4) is 0 Å². The minimum Gasteiger partial charge on any atom is -0.396 e. The highest BCUT2D eigenvalue weighted by Crippen LogP contribution is 2.16. The number of anilines is 1. The third kappa shape index (κ3) is 1.67. The Hall–Kier alpha value is -1.03. The zero-order valence-electron chi connectivity index (χ0n) is 7.86. The summed E-state index contributed by atoms with van der Waals surface area (Å²) < 4.78 is 7.44. The summed E-state index contributed by atoms with van der Waals surface area (Å²) in [6.07, 6.45) is 4.34. The number of ether oxygens (including phenoxy) is 1. The van der Waals surface area contributed by atoms with Crippen LogP contribution in [0.25, 0.3) is 0 Å². The summed E-state index contributed by atoms with van der Waals surface area (Å²) in [6.45, 7) is 3.71. The molecule has 2 heterocycles. The molecule has 1 saturated heterocycles. The number of nitrogens with two attached hydrogens (primary N) is 1. The van der Waals surface area contributed by atoms with E-state index < -0.39 is 0 Å². The van der Waals surface area contributed by atoms with Gasteiger partial charge >= 0.3 is 0 Å². The number of hydrogen-bond donors (Lipinski definition) is 1. The van der Waals surface area contributed by atoms with Gasteiger partial charge in [0.1, 0.15) is 0 Å². The quantitative estimate of drug-likeness (QED) is 0.739. The smallest absolute Gasteiger partial charge is 0.0771 e. The number of hydrogen-bond acceptors (Lipinski definition) is 3. The van der Waals surface area contributed by atoms with Gasteiger partial charge in [0.2, 0.25) is 0 Å². The maximum atomic E-state index is 5.69. The van der Waals surface area contributed by atoms with E-state index in [4.69, 9.17) is 10.5 Å². The molecule has 0 aromatic carbocycles. The fraction of sp³-hybridized carbons (Fsp3) is 0.667. The lowest BCUT2D eigenvalue weighted by molar-refractivity contribution is 0.0935. The van der Waals surface area contributed by atoms with Crippen molar-refractivity contribution < 1.29 is 4.74 Å². The molecule has 1 aliphatic heterocycles. The standard InChI is InChI=1S/C9H15N3O/c1-7-9(10)5-11-12(7)6-8-3-2-4-13-8/h5,8H,2-4,6,10H2,1H3/t8-/m1/s1. The molecule has 0 bridgehead atoms. The van der Waals surface area contributed by atoms with E-state index >= 15 is 0 Å². The Balaban J connectivity index is 2.04. The molecule has 4 nitrogen and oxygen atoms in total. The van der Waals surface area contributed by atoms with Gasteiger partial charge in [-0.05, 0) is 19.8 Å². The molecular weight excluding hydrogens is 166 g/mol. The molecule has 0 aliphatic carbocycles. The van der Waals surface area contributed by atoms with Crippen LogP contribution in [-0.2, 0) is 11.3 Å². The van der Waals surface area contributed by atoms with Crippen LogP contribution in [-0.4, -0.2) is 22.5 Å². The van der Waals surface area contributed by atoms with Crippen LogP contribution in [0.2, 0.25) is 0 Å². The molecule has 1 aromatic rings. The second-order valence-electron chi connectivity index (χ2n) is 3.50. The molecule has 1 aromatic heterocycles. The third-order valence-corrected chi connectivity index (χ3v) is 2.54. The highest BCUT2D eigenvalue weighted by atomic mass is 16.5. The number of nitrogen functional groups attached to an aromatic ring is 1. The lowest BCUT2D eigenvalue weighted by Gasteiger charge is -2.10. The Kier molecular flexibility index (Phi) is 2.22. The molecule has 2 N–H and O–H groups in total. The second kappa shape index (κ2) is 3.38. The average Bonchev–Trinajstić information content (AvgIpc) is 2.71. The predicted octanol–water partition coefficient (Wildman–Crippen LogP) is 0.953. The van der Waals surface area contributed by atoms with Crippen LogP contribution < -0.4 is 5.73 Å². The lowest BCUT2D eigenvalue weighted by Crippen LogP contribution is -2.16. The van der Waals surface area contributed by atoms with E-state index in [0.29, 0.717) is 6.10 Å². The molecule has 2 rings (SSSR count). The summed E-state index contributed by atoms with van der Waals surface area (Å²) in [6, 6.07) is 0. The molecule has 1 fully saturated rings. The van der Waals surface area contributed by atoms with Crippen molar-refractivity contribution in [3.05, 3.63) is 11.9 Å². The third-order valence-electron chi connectivity index (χ3n) is 2.54. The lowest BCUT2D eigenvalue weighted by atomic mass is 10.2. The number of aromatic nitrogens is 2. The molecule has 72 valence electrons. The van der Waals surface area contributed by atoms with Crippen LogP contribution in [0.5, 0.6) is 0 Å². The van der Waals surface area contributed by atoms with Gasteiger partial charge in [0.15, 0.2) is 0 Å². The first-order valence-electron chi connectivity index (χ1n) is 4.67. The number of rotatable bonds is 2. The maximum Gasteiger partial charge on any atom is 0.0771 e. The van der Waals surface area contributed by atoms with Crippen LogP contribution >= 0.6 is 0 Å². The van der Waals surface area contributed by atoms with Crippen molar-refractivity contribution in [1.82, 2.24) is 9.78 Å². The van der Waals surface area contributed by atoms with Crippen LogP contribution in [0, 0.1) is 6.92 Å². The van der Waals surface area contributed by atoms with Gasteiger partial charge in [0, 0.05) is 6.61 Å². The maximum absolute atomic E-state index is 5.69. The molecular formula is C9H15N3O. The van der Waals surface area contributed by atoms with Crippen molar-refractivity contribution in [2.75, 3.05) is 12.3 Å². The molecule has 13 heavy (non-hydrogen) atoms. The predicted molar refractivity (Wildman–Crippen MR) is 50.4 cm³/mol. The van der Waals surface area contributed by atoms with Crippen molar-refractivity contribution in [1.29, 1.82) is 0 Å². The van der Waals surface area contributed by atoms with E-state index in [-0.39, 0.29) is 0 Å². The van der Waals surface area contributed by atoms with Gasteiger partial charge in [-0.15, -0.1) is 0 Å². The van der Waals surface area contributed by atoms with E-state index in [1.54, 1.807) is 6.20 Å². The Morgan fingerprint density at radius 1 is 1.77 bits per heavy atom. The Morgan fingerprint density at radius 3 is 3.15 bits per heavy atom. The zero-order valence-corrected chi connectivity index (χ0v) is 7.86. The first-order valence-corrected chi connectivity index (χ1v) is 4.67. The Labute approximate surface area is 77.7 Å². The Bertz CT molecular complexity index is 289. The van der Waals surface area contributed by atoms with Crippen molar-refractivity contribution in [2.45, 2.75) is 32.4 Å². The number of nitrogens with zero attached hydrogens (tertiary/aromatic N) is 2. The van der Waals surface area contributed by atoms with Gasteiger partial charge in [-0.25, -0.2) is 0 Å². The van der Waals surface area contributed by atoms with Crippen LogP contribution in [0.15, 0.2) is 6.20 Å². The van der Waals surface area contributed by atoms with Gasteiger partial charge in [-0.1, -0.05) is 0 Å². The minimum atomic E-state index is 0.331. The van der Waals surface area contributed by atoms with Gasteiger partial charge < -0.3 is 10.5 Å². The summed E-state index contributed by atoms with van der Waals surface area (Å²) >= 11 is 0. The zero-order chi connectivity index (χ0) is 9.26. The Morgan fingerprint density at radius 2 is 2.62 bits per heavy atom. The van der Waals surface area contributed by atoms with Crippen molar-refractivity contribution in [2.24, 2.45) is 0 Å². The first-order chi connectivity index (χ1) is 6.27. The van der Waals surface area contributed by atoms with Crippen molar-refractivity contribution in [3.8, 4) is 0 Å². The van der Waals surface area contributed by atoms with Gasteiger partial charge in [-0.2, -0.15) is 5.10 Å². The van der Waals surface area contributed by atoms with Crippen LogP contribution in [0.4, 0.5) is 5.69 Å². The SMILES string of the molecule is Cc1c(N)cnn1C[C@H]1CCCO1. The second-order valence-corrected chi connectivity index (χ2v) is 3.50. The fourth-order valence-electron chi connectivity index (χ4n) is 1.63. The molecule has 0 radical (unpaired) electrons. The normalized spacial score (nSPS) is 22.4.